The van der Waals surface area contributed by atoms with Crippen molar-refractivity contribution in [2.24, 2.45) is 5.92 Å². The molecule has 138 valence electrons. The molecule has 0 atom stereocenters. The number of rotatable bonds is 4. The largest absolute Gasteiger partial charge is 0.352 e. The van der Waals surface area contributed by atoms with Crippen molar-refractivity contribution >= 4 is 23.3 Å². The number of aromatic nitrogens is 2. The van der Waals surface area contributed by atoms with Crippen LogP contribution in [0.1, 0.15) is 49.7 Å². The van der Waals surface area contributed by atoms with Crippen LogP contribution in [-0.4, -0.2) is 45.9 Å². The van der Waals surface area contributed by atoms with Crippen LogP contribution in [0.4, 0.5) is 0 Å². The van der Waals surface area contributed by atoms with E-state index in [-0.39, 0.29) is 11.8 Å². The fraction of sp³-hybridized carbons (Fsp3) is 0.474. The molecule has 0 radical (unpaired) electrons. The number of piperidine rings is 1. The molecule has 0 bridgehead atoms. The van der Waals surface area contributed by atoms with Crippen LogP contribution in [0.25, 0.3) is 0 Å². The molecule has 0 aliphatic carbocycles. The molecular weight excluding hydrogens is 348 g/mol. The molecule has 26 heavy (non-hydrogen) atoms. The molecule has 0 spiro atoms. The summed E-state index contributed by atoms with van der Waals surface area (Å²) in [6.07, 6.45) is 1.79. The summed E-state index contributed by atoms with van der Waals surface area (Å²) < 4.78 is 3.84. The normalized spacial score (nSPS) is 15.1. The minimum absolute atomic E-state index is 0.0210. The summed E-state index contributed by atoms with van der Waals surface area (Å²) in [6.45, 7) is 7.86. The minimum atomic E-state index is -0.0210. The highest BCUT2D eigenvalue weighted by Gasteiger charge is 2.26. The molecule has 2 heterocycles. The number of hydrogen-bond donors (Lipinski definition) is 1. The number of hydrogen-bond acceptors (Lipinski definition) is 5. The topological polar surface area (TPSA) is 75.2 Å². The fourth-order valence-corrected chi connectivity index (χ4v) is 3.94. The molecular formula is C19H24N4O2S. The van der Waals surface area contributed by atoms with Gasteiger partial charge in [-0.25, -0.2) is 0 Å². The molecule has 1 fully saturated rings. The Kier molecular flexibility index (Phi) is 5.66. The van der Waals surface area contributed by atoms with Gasteiger partial charge >= 0.3 is 0 Å². The van der Waals surface area contributed by atoms with Crippen molar-refractivity contribution in [3.63, 3.8) is 0 Å². The predicted octanol–water partition coefficient (Wildman–Crippen LogP) is 2.75. The molecule has 2 aromatic rings. The second kappa shape index (κ2) is 7.95. The van der Waals surface area contributed by atoms with Crippen molar-refractivity contribution in [3.05, 3.63) is 45.5 Å². The molecule has 6 nitrogen and oxygen atoms in total. The van der Waals surface area contributed by atoms with E-state index in [2.05, 4.69) is 14.9 Å². The monoisotopic (exact) mass is 372 g/mol. The van der Waals surface area contributed by atoms with Crippen LogP contribution in [-0.2, 0) is 0 Å². The highest BCUT2D eigenvalue weighted by atomic mass is 32.1. The first-order valence-electron chi connectivity index (χ1n) is 8.89. The minimum Gasteiger partial charge on any atom is -0.352 e. The van der Waals surface area contributed by atoms with E-state index in [0.29, 0.717) is 36.1 Å². The zero-order valence-electron chi connectivity index (χ0n) is 15.4. The van der Waals surface area contributed by atoms with Gasteiger partial charge in [0.25, 0.3) is 11.8 Å². The third kappa shape index (κ3) is 4.09. The van der Waals surface area contributed by atoms with Crippen molar-refractivity contribution in [2.75, 3.05) is 19.6 Å². The third-order valence-corrected chi connectivity index (χ3v) is 5.74. The molecule has 0 saturated carbocycles. The number of benzene rings is 1. The van der Waals surface area contributed by atoms with Gasteiger partial charge in [0.15, 0.2) is 0 Å². The molecule has 1 saturated heterocycles. The summed E-state index contributed by atoms with van der Waals surface area (Å²) >= 11 is 1.16. The first-order valence-corrected chi connectivity index (χ1v) is 9.66. The van der Waals surface area contributed by atoms with Gasteiger partial charge in [0, 0.05) is 25.2 Å². The number of carbonyl (C=O) groups is 2. The summed E-state index contributed by atoms with van der Waals surface area (Å²) in [6, 6.07) is 5.87. The third-order valence-electron chi connectivity index (χ3n) is 4.93. The Hall–Kier alpha value is -2.28. The first-order chi connectivity index (χ1) is 12.5. The Balaban J connectivity index is 1.49. The van der Waals surface area contributed by atoms with E-state index in [4.69, 9.17) is 0 Å². The Morgan fingerprint density at radius 3 is 2.58 bits per heavy atom. The van der Waals surface area contributed by atoms with Crippen LogP contribution >= 0.6 is 11.5 Å². The highest BCUT2D eigenvalue weighted by molar-refractivity contribution is 7.07. The lowest BCUT2D eigenvalue weighted by Gasteiger charge is -2.31. The quantitative estimate of drug-likeness (QED) is 0.895. The molecule has 3 rings (SSSR count). The summed E-state index contributed by atoms with van der Waals surface area (Å²) in [5.41, 5.74) is 3.58. The van der Waals surface area contributed by atoms with Crippen molar-refractivity contribution in [1.82, 2.24) is 19.8 Å². The van der Waals surface area contributed by atoms with Gasteiger partial charge in [-0.1, -0.05) is 22.2 Å². The summed E-state index contributed by atoms with van der Waals surface area (Å²) in [5, 5.41) is 6.96. The smallest absolute Gasteiger partial charge is 0.267 e. The highest BCUT2D eigenvalue weighted by Crippen LogP contribution is 2.21. The number of aryl methyl sites for hydroxylation is 3. The zero-order chi connectivity index (χ0) is 18.7. The van der Waals surface area contributed by atoms with Gasteiger partial charge in [0.2, 0.25) is 0 Å². The number of carbonyl (C=O) groups excluding carboxylic acids is 2. The SMILES string of the molecule is Cc1ccc(C(=O)NCC2CCN(C(=O)c3snnc3C)CC2)c(C)c1. The first kappa shape index (κ1) is 18.5. The predicted molar refractivity (Wildman–Crippen MR) is 102 cm³/mol. The van der Waals surface area contributed by atoms with Crippen molar-refractivity contribution in [2.45, 2.75) is 33.6 Å². The van der Waals surface area contributed by atoms with Crippen LogP contribution < -0.4 is 5.32 Å². The summed E-state index contributed by atoms with van der Waals surface area (Å²) in [5.74, 6) is 0.400. The van der Waals surface area contributed by atoms with Gasteiger partial charge in [-0.05, 0) is 62.7 Å². The Labute approximate surface area is 157 Å². The van der Waals surface area contributed by atoms with E-state index < -0.39 is 0 Å². The fourth-order valence-electron chi connectivity index (χ4n) is 3.31. The summed E-state index contributed by atoms with van der Waals surface area (Å²) in [4.78, 5) is 27.4. The number of amides is 2. The number of likely N-dealkylation sites (tertiary alicyclic amines) is 1. The second-order valence-corrected chi connectivity index (χ2v) is 7.71. The molecule has 1 N–H and O–H groups in total. The molecule has 1 aromatic heterocycles. The van der Waals surface area contributed by atoms with E-state index in [1.54, 1.807) is 0 Å². The van der Waals surface area contributed by atoms with Gasteiger partial charge in [-0.2, -0.15) is 0 Å². The van der Waals surface area contributed by atoms with Crippen LogP contribution in [0.15, 0.2) is 18.2 Å². The lowest BCUT2D eigenvalue weighted by molar-refractivity contribution is 0.0688. The van der Waals surface area contributed by atoms with Gasteiger partial charge in [0.1, 0.15) is 4.88 Å². The van der Waals surface area contributed by atoms with Crippen LogP contribution in [0, 0.1) is 26.7 Å². The molecule has 0 unspecified atom stereocenters. The van der Waals surface area contributed by atoms with Crippen molar-refractivity contribution in [1.29, 1.82) is 0 Å². The van der Waals surface area contributed by atoms with Crippen molar-refractivity contribution < 1.29 is 9.59 Å². The number of nitrogens with zero attached hydrogens (tertiary/aromatic N) is 3. The van der Waals surface area contributed by atoms with E-state index in [0.717, 1.165) is 41.1 Å². The van der Waals surface area contributed by atoms with Gasteiger partial charge in [-0.3, -0.25) is 9.59 Å². The van der Waals surface area contributed by atoms with Gasteiger partial charge < -0.3 is 10.2 Å². The number of nitrogens with one attached hydrogen (secondary N) is 1. The van der Waals surface area contributed by atoms with Gasteiger partial charge in [-0.15, -0.1) is 5.10 Å². The van der Waals surface area contributed by atoms with Crippen LogP contribution in [0.2, 0.25) is 0 Å². The Bertz CT molecular complexity index is 810. The molecule has 2 amide bonds. The molecule has 1 aromatic carbocycles. The zero-order valence-corrected chi connectivity index (χ0v) is 16.2. The van der Waals surface area contributed by atoms with E-state index in [1.165, 1.54) is 0 Å². The maximum absolute atomic E-state index is 12.5. The Morgan fingerprint density at radius 1 is 1.23 bits per heavy atom. The molecule has 7 heteroatoms. The maximum atomic E-state index is 12.5. The average Bonchev–Trinajstić information content (AvgIpc) is 3.05. The van der Waals surface area contributed by atoms with E-state index >= 15 is 0 Å². The maximum Gasteiger partial charge on any atom is 0.267 e. The molecule has 1 aliphatic heterocycles. The van der Waals surface area contributed by atoms with E-state index in [9.17, 15) is 9.59 Å². The lowest BCUT2D eigenvalue weighted by atomic mass is 9.96. The second-order valence-electron chi connectivity index (χ2n) is 6.95. The standard InChI is InChI=1S/C19H24N4O2S/c1-12-4-5-16(13(2)10-12)18(24)20-11-15-6-8-23(9-7-15)19(25)17-14(3)21-22-26-17/h4-5,10,15H,6-9,11H2,1-3H3,(H,20,24). The summed E-state index contributed by atoms with van der Waals surface area (Å²) in [7, 11) is 0. The molecule has 1 aliphatic rings. The van der Waals surface area contributed by atoms with Crippen LogP contribution in [0.5, 0.6) is 0 Å². The average molecular weight is 372 g/mol. The Morgan fingerprint density at radius 2 is 1.96 bits per heavy atom. The lowest BCUT2D eigenvalue weighted by Crippen LogP contribution is -2.41. The van der Waals surface area contributed by atoms with Gasteiger partial charge in [0.05, 0.1) is 5.69 Å². The van der Waals surface area contributed by atoms with Crippen LogP contribution in [0.3, 0.4) is 0 Å². The van der Waals surface area contributed by atoms with E-state index in [1.807, 2.05) is 43.9 Å². The van der Waals surface area contributed by atoms with Crippen molar-refractivity contribution in [3.8, 4) is 0 Å².